The topological polar surface area (TPSA) is 20.3 Å². The van der Waals surface area contributed by atoms with E-state index in [4.69, 9.17) is 11.6 Å². The third-order valence-electron chi connectivity index (χ3n) is 5.29. The smallest absolute Gasteiger partial charge is 0.265 e. The second-order valence-corrected chi connectivity index (χ2v) is 8.07. The normalized spacial score (nSPS) is 24.7. The summed E-state index contributed by atoms with van der Waals surface area (Å²) in [6, 6.07) is 4.89. The maximum Gasteiger partial charge on any atom is 0.265 e. The van der Waals surface area contributed by atoms with Crippen LogP contribution in [0.3, 0.4) is 0 Å². The summed E-state index contributed by atoms with van der Waals surface area (Å²) >= 11 is 7.76. The lowest BCUT2D eigenvalue weighted by molar-refractivity contribution is 0.0395. The highest BCUT2D eigenvalue weighted by molar-refractivity contribution is 7.21. The first kappa shape index (κ1) is 15.4. The van der Waals surface area contributed by atoms with Gasteiger partial charge in [0.1, 0.15) is 10.7 Å². The average molecular weight is 352 g/mol. The molecule has 2 heterocycles. The molecule has 5 heteroatoms. The van der Waals surface area contributed by atoms with Crippen molar-refractivity contribution in [3.8, 4) is 0 Å². The largest absolute Gasteiger partial charge is 0.335 e. The number of thiophene rings is 1. The number of likely N-dealkylation sites (tertiary alicyclic amines) is 1. The van der Waals surface area contributed by atoms with Gasteiger partial charge in [-0.25, -0.2) is 4.39 Å². The predicted molar refractivity (Wildman–Crippen MR) is 92.8 cm³/mol. The molecule has 1 amide bonds. The highest BCUT2D eigenvalue weighted by Gasteiger charge is 2.37. The van der Waals surface area contributed by atoms with Gasteiger partial charge < -0.3 is 4.90 Å². The molecule has 0 radical (unpaired) electrons. The minimum absolute atomic E-state index is 0.0354. The van der Waals surface area contributed by atoms with Gasteiger partial charge in [-0.15, -0.1) is 11.3 Å². The monoisotopic (exact) mass is 351 g/mol. The molecule has 1 saturated heterocycles. The summed E-state index contributed by atoms with van der Waals surface area (Å²) in [4.78, 5) is 15.7. The standard InChI is InChI=1S/C18H19ClFNOS/c19-16-13-8-7-12(20)10-15(13)23-17(16)18(22)21-9-3-5-11-4-1-2-6-14(11)21/h7-8,10-11,14H,1-6,9H2. The predicted octanol–water partition coefficient (Wildman–Crippen LogP) is 5.49. The molecule has 1 aliphatic heterocycles. The lowest BCUT2D eigenvalue weighted by Gasteiger charge is -2.44. The van der Waals surface area contributed by atoms with Gasteiger partial charge in [0.25, 0.3) is 5.91 Å². The van der Waals surface area contributed by atoms with E-state index in [9.17, 15) is 9.18 Å². The second-order valence-electron chi connectivity index (χ2n) is 6.64. The fraction of sp³-hybridized carbons (Fsp3) is 0.500. The first-order valence-corrected chi connectivity index (χ1v) is 9.53. The van der Waals surface area contributed by atoms with Gasteiger partial charge in [0.05, 0.1) is 5.02 Å². The molecular formula is C18H19ClFNOS. The summed E-state index contributed by atoms with van der Waals surface area (Å²) in [7, 11) is 0. The van der Waals surface area contributed by atoms with Crippen LogP contribution >= 0.6 is 22.9 Å². The van der Waals surface area contributed by atoms with Crippen molar-refractivity contribution >= 4 is 38.9 Å². The molecule has 2 unspecified atom stereocenters. The minimum Gasteiger partial charge on any atom is -0.335 e. The molecule has 1 aliphatic carbocycles. The third-order valence-corrected chi connectivity index (χ3v) is 6.94. The van der Waals surface area contributed by atoms with E-state index in [0.717, 1.165) is 29.5 Å². The molecule has 122 valence electrons. The molecule has 23 heavy (non-hydrogen) atoms. The Balaban J connectivity index is 1.69. The van der Waals surface area contributed by atoms with Crippen molar-refractivity contribution in [2.75, 3.05) is 6.54 Å². The lowest BCUT2D eigenvalue weighted by atomic mass is 9.78. The van der Waals surface area contributed by atoms with E-state index in [-0.39, 0.29) is 11.7 Å². The van der Waals surface area contributed by atoms with Crippen molar-refractivity contribution in [2.45, 2.75) is 44.6 Å². The van der Waals surface area contributed by atoms with Crippen LogP contribution in [-0.2, 0) is 0 Å². The summed E-state index contributed by atoms with van der Waals surface area (Å²) in [5, 5.41) is 1.26. The fourth-order valence-electron chi connectivity index (χ4n) is 4.18. The Labute approximate surface area is 144 Å². The molecule has 0 N–H and O–H groups in total. The molecule has 2 nitrogen and oxygen atoms in total. The van der Waals surface area contributed by atoms with Crippen LogP contribution in [0.5, 0.6) is 0 Å². The average Bonchev–Trinajstić information content (AvgIpc) is 2.90. The van der Waals surface area contributed by atoms with E-state index in [0.29, 0.717) is 21.9 Å². The molecule has 2 aromatic rings. The van der Waals surface area contributed by atoms with Crippen LogP contribution in [-0.4, -0.2) is 23.4 Å². The number of amides is 1. The van der Waals surface area contributed by atoms with Crippen molar-refractivity contribution in [3.63, 3.8) is 0 Å². The maximum absolute atomic E-state index is 13.4. The van der Waals surface area contributed by atoms with E-state index >= 15 is 0 Å². The van der Waals surface area contributed by atoms with Crippen molar-refractivity contribution < 1.29 is 9.18 Å². The van der Waals surface area contributed by atoms with Crippen LogP contribution in [0.15, 0.2) is 18.2 Å². The number of hydrogen-bond donors (Lipinski definition) is 0. The molecule has 0 spiro atoms. The number of nitrogens with zero attached hydrogens (tertiary/aromatic N) is 1. The van der Waals surface area contributed by atoms with Crippen molar-refractivity contribution in [3.05, 3.63) is 33.9 Å². The van der Waals surface area contributed by atoms with Crippen molar-refractivity contribution in [2.24, 2.45) is 5.92 Å². The Kier molecular flexibility index (Phi) is 4.06. The summed E-state index contributed by atoms with van der Waals surface area (Å²) in [6.07, 6.45) is 7.14. The number of fused-ring (bicyclic) bond motifs is 2. The SMILES string of the molecule is O=C(c1sc2cc(F)ccc2c1Cl)N1CCCC2CCCCC21. The van der Waals surface area contributed by atoms with E-state index in [1.807, 2.05) is 4.90 Å². The summed E-state index contributed by atoms with van der Waals surface area (Å²) in [5.41, 5.74) is 0. The van der Waals surface area contributed by atoms with Gasteiger partial charge in [0, 0.05) is 22.7 Å². The molecular weight excluding hydrogens is 333 g/mol. The molecule has 2 atom stereocenters. The highest BCUT2D eigenvalue weighted by Crippen LogP contribution is 2.40. The zero-order valence-electron chi connectivity index (χ0n) is 12.9. The van der Waals surface area contributed by atoms with Crippen molar-refractivity contribution in [1.29, 1.82) is 0 Å². The van der Waals surface area contributed by atoms with Gasteiger partial charge in [0.2, 0.25) is 0 Å². The molecule has 4 rings (SSSR count). The fourth-order valence-corrected chi connectivity index (χ4v) is 5.68. The number of hydrogen-bond acceptors (Lipinski definition) is 2. The maximum atomic E-state index is 13.4. The van der Waals surface area contributed by atoms with E-state index < -0.39 is 0 Å². The summed E-state index contributed by atoms with van der Waals surface area (Å²) in [5.74, 6) is 0.389. The van der Waals surface area contributed by atoms with Crippen LogP contribution in [0.1, 0.15) is 48.2 Å². The number of carbonyl (C=O) groups excluding carboxylic acids is 1. The van der Waals surface area contributed by atoms with Crippen LogP contribution in [0.4, 0.5) is 4.39 Å². The zero-order valence-corrected chi connectivity index (χ0v) is 14.4. The Bertz CT molecular complexity index is 757. The van der Waals surface area contributed by atoms with Gasteiger partial charge >= 0.3 is 0 Å². The van der Waals surface area contributed by atoms with Crippen LogP contribution < -0.4 is 0 Å². The molecule has 1 saturated carbocycles. The van der Waals surface area contributed by atoms with E-state index in [1.165, 1.54) is 49.2 Å². The number of rotatable bonds is 1. The Morgan fingerprint density at radius 2 is 2.00 bits per heavy atom. The Hall–Kier alpha value is -1.13. The molecule has 1 aromatic heterocycles. The quantitative estimate of drug-likeness (QED) is 0.665. The van der Waals surface area contributed by atoms with Crippen molar-refractivity contribution in [1.82, 2.24) is 4.90 Å². The van der Waals surface area contributed by atoms with E-state index in [2.05, 4.69) is 0 Å². The summed E-state index contributed by atoms with van der Waals surface area (Å²) in [6.45, 7) is 0.818. The van der Waals surface area contributed by atoms with Crippen LogP contribution in [0, 0.1) is 11.7 Å². The highest BCUT2D eigenvalue weighted by atomic mass is 35.5. The molecule has 1 aromatic carbocycles. The number of carbonyl (C=O) groups is 1. The van der Waals surface area contributed by atoms with Gasteiger partial charge in [-0.05, 0) is 49.8 Å². The number of benzene rings is 1. The summed E-state index contributed by atoms with van der Waals surface area (Å²) < 4.78 is 14.2. The Morgan fingerprint density at radius 1 is 1.22 bits per heavy atom. The molecule has 2 fully saturated rings. The van der Waals surface area contributed by atoms with Gasteiger partial charge in [-0.1, -0.05) is 24.4 Å². The number of piperidine rings is 1. The second kappa shape index (κ2) is 6.06. The van der Waals surface area contributed by atoms with Gasteiger partial charge in [-0.2, -0.15) is 0 Å². The molecule has 0 bridgehead atoms. The van der Waals surface area contributed by atoms with Gasteiger partial charge in [0.15, 0.2) is 0 Å². The Morgan fingerprint density at radius 3 is 2.87 bits per heavy atom. The van der Waals surface area contributed by atoms with Gasteiger partial charge in [-0.3, -0.25) is 4.79 Å². The zero-order chi connectivity index (χ0) is 16.0. The lowest BCUT2D eigenvalue weighted by Crippen LogP contribution is -2.49. The van der Waals surface area contributed by atoms with E-state index in [1.54, 1.807) is 6.07 Å². The van der Waals surface area contributed by atoms with Crippen LogP contribution in [0.2, 0.25) is 5.02 Å². The minimum atomic E-state index is -0.292. The first-order chi connectivity index (χ1) is 11.1. The third kappa shape index (κ3) is 2.66. The number of halogens is 2. The first-order valence-electron chi connectivity index (χ1n) is 8.33. The molecule has 2 aliphatic rings. The van der Waals surface area contributed by atoms with Crippen LogP contribution in [0.25, 0.3) is 10.1 Å².